The fraction of sp³-hybridized carbons (Fsp3) is 0.938. The number of hydrogen-bond acceptors (Lipinski definition) is 4. The lowest BCUT2D eigenvalue weighted by molar-refractivity contribution is -0.118. The molecule has 0 atom stereocenters. The SMILES string of the molecule is CC(=O)CN1CCN(CCCO[Si](C)(C)C(C)(C)C)CC1. The van der Waals surface area contributed by atoms with Gasteiger partial charge in [-0.05, 0) is 31.5 Å². The summed E-state index contributed by atoms with van der Waals surface area (Å²) in [5.74, 6) is 0.270. The predicted molar refractivity (Wildman–Crippen MR) is 91.3 cm³/mol. The van der Waals surface area contributed by atoms with Crippen LogP contribution in [-0.4, -0.2) is 69.8 Å². The molecule has 1 heterocycles. The summed E-state index contributed by atoms with van der Waals surface area (Å²) in [5, 5.41) is 0.297. The van der Waals surface area contributed by atoms with Crippen molar-refractivity contribution in [2.45, 2.75) is 52.2 Å². The summed E-state index contributed by atoms with van der Waals surface area (Å²) in [5.41, 5.74) is 0. The molecule has 0 aromatic heterocycles. The lowest BCUT2D eigenvalue weighted by Crippen LogP contribution is -2.48. The Bertz CT molecular complexity index is 332. The molecule has 5 heteroatoms. The van der Waals surface area contributed by atoms with E-state index in [0.717, 1.165) is 45.8 Å². The third-order valence-corrected chi connectivity index (χ3v) is 9.34. The smallest absolute Gasteiger partial charge is 0.191 e. The first-order valence-electron chi connectivity index (χ1n) is 8.20. The normalized spacial score (nSPS) is 19.0. The summed E-state index contributed by atoms with van der Waals surface area (Å²) >= 11 is 0. The molecule has 1 aliphatic heterocycles. The number of nitrogens with zero attached hydrogens (tertiary/aromatic N) is 2. The van der Waals surface area contributed by atoms with Crippen molar-refractivity contribution < 1.29 is 9.22 Å². The van der Waals surface area contributed by atoms with E-state index in [4.69, 9.17) is 4.43 Å². The summed E-state index contributed by atoms with van der Waals surface area (Å²) < 4.78 is 6.22. The molecule has 21 heavy (non-hydrogen) atoms. The minimum absolute atomic E-state index is 0.270. The zero-order valence-corrected chi connectivity index (χ0v) is 15.9. The molecule has 0 radical (unpaired) electrons. The highest BCUT2D eigenvalue weighted by Crippen LogP contribution is 2.36. The number of Topliss-reactive ketones (excluding diaryl/α,β-unsaturated/α-hetero) is 1. The highest BCUT2D eigenvalue weighted by Gasteiger charge is 2.36. The number of carbonyl (C=O) groups is 1. The van der Waals surface area contributed by atoms with Gasteiger partial charge in [0.25, 0.3) is 0 Å². The van der Waals surface area contributed by atoms with Crippen molar-refractivity contribution in [2.24, 2.45) is 0 Å². The van der Waals surface area contributed by atoms with E-state index in [-0.39, 0.29) is 5.78 Å². The minimum Gasteiger partial charge on any atom is -0.417 e. The highest BCUT2D eigenvalue weighted by molar-refractivity contribution is 6.74. The van der Waals surface area contributed by atoms with Crippen LogP contribution in [0.15, 0.2) is 0 Å². The molecule has 0 unspecified atom stereocenters. The van der Waals surface area contributed by atoms with Crippen molar-refractivity contribution in [1.29, 1.82) is 0 Å². The van der Waals surface area contributed by atoms with Crippen LogP contribution in [0.1, 0.15) is 34.1 Å². The summed E-state index contributed by atoms with van der Waals surface area (Å²) in [6, 6.07) is 0. The van der Waals surface area contributed by atoms with Crippen LogP contribution >= 0.6 is 0 Å². The third-order valence-electron chi connectivity index (χ3n) is 4.80. The van der Waals surface area contributed by atoms with Gasteiger partial charge in [-0.25, -0.2) is 0 Å². The molecule has 1 aliphatic rings. The van der Waals surface area contributed by atoms with Gasteiger partial charge >= 0.3 is 0 Å². The standard InChI is InChI=1S/C16H34N2O2Si/c1-15(19)14-18-11-9-17(10-12-18)8-7-13-20-21(5,6)16(2,3)4/h7-14H2,1-6H3. The molecular formula is C16H34N2O2Si. The van der Waals surface area contributed by atoms with Gasteiger partial charge in [0, 0.05) is 39.3 Å². The van der Waals surface area contributed by atoms with Gasteiger partial charge in [0.1, 0.15) is 5.78 Å². The van der Waals surface area contributed by atoms with Crippen molar-refractivity contribution in [3.8, 4) is 0 Å². The van der Waals surface area contributed by atoms with Crippen LogP contribution in [0.5, 0.6) is 0 Å². The van der Waals surface area contributed by atoms with Gasteiger partial charge in [-0.1, -0.05) is 20.8 Å². The lowest BCUT2D eigenvalue weighted by atomic mass is 10.2. The molecule has 4 nitrogen and oxygen atoms in total. The van der Waals surface area contributed by atoms with Crippen LogP contribution in [0.2, 0.25) is 18.1 Å². The quantitative estimate of drug-likeness (QED) is 0.534. The average Bonchev–Trinajstić information content (AvgIpc) is 2.34. The Morgan fingerprint density at radius 3 is 2.10 bits per heavy atom. The molecule has 0 aromatic carbocycles. The van der Waals surface area contributed by atoms with Crippen molar-refractivity contribution in [1.82, 2.24) is 9.80 Å². The average molecular weight is 315 g/mol. The number of ketones is 1. The molecule has 0 spiro atoms. The number of rotatable bonds is 7. The number of hydrogen-bond donors (Lipinski definition) is 0. The second kappa shape index (κ2) is 7.86. The Labute approximate surface area is 132 Å². The summed E-state index contributed by atoms with van der Waals surface area (Å²) in [6.45, 7) is 19.9. The Balaban J connectivity index is 2.16. The molecular weight excluding hydrogens is 280 g/mol. The molecule has 0 aliphatic carbocycles. The van der Waals surface area contributed by atoms with E-state index in [1.54, 1.807) is 6.92 Å². The summed E-state index contributed by atoms with van der Waals surface area (Å²) in [6.07, 6.45) is 1.11. The van der Waals surface area contributed by atoms with Gasteiger partial charge < -0.3 is 9.33 Å². The third kappa shape index (κ3) is 6.59. The minimum atomic E-state index is -1.59. The van der Waals surface area contributed by atoms with E-state index in [1.807, 2.05) is 0 Å². The van der Waals surface area contributed by atoms with E-state index >= 15 is 0 Å². The first-order chi connectivity index (χ1) is 9.62. The molecule has 0 aromatic rings. The van der Waals surface area contributed by atoms with E-state index in [9.17, 15) is 4.79 Å². The van der Waals surface area contributed by atoms with Gasteiger partial charge in [0.05, 0.1) is 6.54 Å². The van der Waals surface area contributed by atoms with Crippen LogP contribution in [0.4, 0.5) is 0 Å². The first-order valence-corrected chi connectivity index (χ1v) is 11.1. The van der Waals surface area contributed by atoms with Gasteiger partial charge in [-0.3, -0.25) is 9.69 Å². The summed E-state index contributed by atoms with van der Waals surface area (Å²) in [7, 11) is -1.59. The molecule has 0 bridgehead atoms. The number of carbonyl (C=O) groups excluding carboxylic acids is 1. The van der Waals surface area contributed by atoms with Gasteiger partial charge in [-0.15, -0.1) is 0 Å². The fourth-order valence-corrected chi connectivity index (χ4v) is 3.41. The zero-order chi connectivity index (χ0) is 16.1. The van der Waals surface area contributed by atoms with Crippen LogP contribution in [0, 0.1) is 0 Å². The van der Waals surface area contributed by atoms with Crippen molar-refractivity contribution >= 4 is 14.1 Å². The Hall–Kier alpha value is -0.233. The predicted octanol–water partition coefficient (Wildman–Crippen LogP) is 2.60. The maximum atomic E-state index is 11.1. The van der Waals surface area contributed by atoms with Crippen LogP contribution in [-0.2, 0) is 9.22 Å². The maximum Gasteiger partial charge on any atom is 0.191 e. The lowest BCUT2D eigenvalue weighted by Gasteiger charge is -2.37. The second-order valence-corrected chi connectivity index (χ2v) is 12.6. The Kier molecular flexibility index (Phi) is 7.04. The molecule has 1 fully saturated rings. The number of piperazine rings is 1. The van der Waals surface area contributed by atoms with Gasteiger partial charge in [0.2, 0.25) is 0 Å². The molecule has 1 saturated heterocycles. The largest absolute Gasteiger partial charge is 0.417 e. The first kappa shape index (κ1) is 18.8. The van der Waals surface area contributed by atoms with Crippen molar-refractivity contribution in [3.05, 3.63) is 0 Å². The van der Waals surface area contributed by atoms with Crippen LogP contribution in [0.25, 0.3) is 0 Å². The van der Waals surface area contributed by atoms with Crippen LogP contribution < -0.4 is 0 Å². The zero-order valence-electron chi connectivity index (χ0n) is 14.9. The van der Waals surface area contributed by atoms with Crippen molar-refractivity contribution in [2.75, 3.05) is 45.9 Å². The Morgan fingerprint density at radius 1 is 1.10 bits per heavy atom. The molecule has 1 rings (SSSR count). The van der Waals surface area contributed by atoms with E-state index in [1.165, 1.54) is 0 Å². The second-order valence-electron chi connectivity index (χ2n) is 7.78. The molecule has 124 valence electrons. The van der Waals surface area contributed by atoms with E-state index in [0.29, 0.717) is 11.6 Å². The fourth-order valence-electron chi connectivity index (χ4n) is 2.32. The summed E-state index contributed by atoms with van der Waals surface area (Å²) in [4.78, 5) is 15.9. The molecule has 0 saturated carbocycles. The monoisotopic (exact) mass is 314 g/mol. The van der Waals surface area contributed by atoms with Gasteiger partial charge in [-0.2, -0.15) is 0 Å². The van der Waals surface area contributed by atoms with E-state index in [2.05, 4.69) is 43.7 Å². The van der Waals surface area contributed by atoms with Crippen LogP contribution in [0.3, 0.4) is 0 Å². The molecule has 0 amide bonds. The Morgan fingerprint density at radius 2 is 1.62 bits per heavy atom. The van der Waals surface area contributed by atoms with E-state index < -0.39 is 8.32 Å². The highest BCUT2D eigenvalue weighted by atomic mass is 28.4. The van der Waals surface area contributed by atoms with Gasteiger partial charge in [0.15, 0.2) is 8.32 Å². The molecule has 0 N–H and O–H groups in total. The topological polar surface area (TPSA) is 32.8 Å². The van der Waals surface area contributed by atoms with Crippen molar-refractivity contribution in [3.63, 3.8) is 0 Å². The maximum absolute atomic E-state index is 11.1.